The molecule has 0 aliphatic carbocycles. The van der Waals surface area contributed by atoms with Crippen LogP contribution in [0.15, 0.2) is 73.1 Å². The van der Waals surface area contributed by atoms with Crippen LogP contribution >= 0.6 is 0 Å². The number of unbranched alkanes of at least 4 members (excludes halogenated alkanes) is 16. The predicted octanol–water partition coefficient (Wildman–Crippen LogP) is 17.7. The summed E-state index contributed by atoms with van der Waals surface area (Å²) in [7, 11) is 0. The van der Waals surface area contributed by atoms with Gasteiger partial charge in [-0.1, -0.05) is 193 Å². The van der Waals surface area contributed by atoms with Crippen molar-refractivity contribution in [3.05, 3.63) is 73.1 Å². The maximum atomic E-state index is 2.59. The van der Waals surface area contributed by atoms with E-state index in [0.29, 0.717) is 0 Å². The van der Waals surface area contributed by atoms with E-state index in [-0.39, 0.29) is 0 Å². The van der Waals surface area contributed by atoms with Crippen LogP contribution in [0, 0.1) is 11.8 Å². The molecule has 2 heteroatoms. The average Bonchev–Trinajstić information content (AvgIpc) is 3.84. The summed E-state index contributed by atoms with van der Waals surface area (Å²) in [5.41, 5.74) is 2.81. The summed E-state index contributed by atoms with van der Waals surface area (Å²) in [4.78, 5) is 0. The molecule has 0 fully saturated rings. The monoisotopic (exact) mass is 755 g/mol. The highest BCUT2D eigenvalue weighted by atomic mass is 15.0. The SMILES string of the molecule is CCCCCCCCC(CCCCCC)Cn1ccc2c3ccc4c(ccc5c4ccc4c5ccn4CC(CCCCCC)CCCCCCCC)c3ccc21. The Kier molecular flexibility index (Phi) is 17.1. The van der Waals surface area contributed by atoms with E-state index in [4.69, 9.17) is 0 Å². The molecule has 0 spiro atoms. The first-order valence-electron chi connectivity index (χ1n) is 24.0. The van der Waals surface area contributed by atoms with Crippen molar-refractivity contribution in [1.29, 1.82) is 0 Å². The van der Waals surface area contributed by atoms with Crippen LogP contribution < -0.4 is 0 Å². The molecule has 2 heterocycles. The third kappa shape index (κ3) is 11.0. The lowest BCUT2D eigenvalue weighted by atomic mass is 9.93. The topological polar surface area (TPSA) is 9.86 Å². The van der Waals surface area contributed by atoms with Gasteiger partial charge in [0.15, 0.2) is 0 Å². The summed E-state index contributed by atoms with van der Waals surface area (Å²) >= 11 is 0. The summed E-state index contributed by atoms with van der Waals surface area (Å²) < 4.78 is 5.18. The minimum absolute atomic E-state index is 0.774. The van der Waals surface area contributed by atoms with Crippen LogP contribution in [0.3, 0.4) is 0 Å². The second kappa shape index (κ2) is 22.6. The van der Waals surface area contributed by atoms with E-state index in [9.17, 15) is 0 Å². The molecule has 0 aliphatic rings. The fraction of sp³-hybridized carbons (Fsp3) is 0.593. The number of aromatic nitrogens is 2. The Bertz CT molecular complexity index is 1890. The minimum atomic E-state index is 0.774. The van der Waals surface area contributed by atoms with Crippen molar-refractivity contribution >= 4 is 54.1 Å². The number of fused-ring (bicyclic) bond motifs is 9. The van der Waals surface area contributed by atoms with Gasteiger partial charge in [-0.25, -0.2) is 0 Å². The maximum Gasteiger partial charge on any atom is 0.0486 e. The van der Waals surface area contributed by atoms with Gasteiger partial charge >= 0.3 is 0 Å². The van der Waals surface area contributed by atoms with Crippen LogP contribution in [0.4, 0.5) is 0 Å². The van der Waals surface area contributed by atoms with Gasteiger partial charge in [0.1, 0.15) is 0 Å². The molecule has 0 aliphatic heterocycles. The summed E-state index contributed by atoms with van der Waals surface area (Å²) in [5.74, 6) is 1.55. The Morgan fingerprint density at radius 2 is 0.571 bits per heavy atom. The van der Waals surface area contributed by atoms with Crippen LogP contribution in [0.25, 0.3) is 54.1 Å². The number of hydrogen-bond donors (Lipinski definition) is 0. The summed E-state index contributed by atoms with van der Waals surface area (Å²) in [6, 6.07) is 24.2. The highest BCUT2D eigenvalue weighted by Gasteiger charge is 2.16. The van der Waals surface area contributed by atoms with Crippen LogP contribution in [-0.4, -0.2) is 9.13 Å². The lowest BCUT2D eigenvalue weighted by Crippen LogP contribution is -2.10. The summed E-state index contributed by atoms with van der Waals surface area (Å²) in [6.07, 6.45) is 37.9. The standard InChI is InChI=1S/C54H78N2/c1-5-9-13-17-19-23-27-43(25-21-15-11-7-3)41-55-39-37-51-49-31-29-46-45(47(49)33-35-53(51)55)30-32-50-48(46)34-36-54-52(50)38-40-56(54)42-44(26-22-16-12-8-4)28-24-20-18-14-10-6-2/h29-40,43-44H,5-28,41-42H2,1-4H3. The van der Waals surface area contributed by atoms with E-state index in [2.05, 4.69) is 110 Å². The zero-order valence-electron chi connectivity index (χ0n) is 36.4. The summed E-state index contributed by atoms with van der Waals surface area (Å²) in [5, 5.41) is 11.1. The molecule has 2 atom stereocenters. The Morgan fingerprint density at radius 3 is 0.911 bits per heavy atom. The number of rotatable bonds is 28. The maximum absolute atomic E-state index is 2.59. The van der Waals surface area contributed by atoms with E-state index in [1.54, 1.807) is 0 Å². The fourth-order valence-electron chi connectivity index (χ4n) is 10.1. The Labute approximate surface area is 341 Å². The van der Waals surface area contributed by atoms with Gasteiger partial charge in [0.2, 0.25) is 0 Å². The molecule has 0 saturated carbocycles. The number of nitrogens with zero attached hydrogens (tertiary/aromatic N) is 2. The van der Waals surface area contributed by atoms with Crippen LogP contribution in [-0.2, 0) is 13.1 Å². The second-order valence-electron chi connectivity index (χ2n) is 17.9. The predicted molar refractivity (Wildman–Crippen MR) is 250 cm³/mol. The lowest BCUT2D eigenvalue weighted by Gasteiger charge is -2.19. The van der Waals surface area contributed by atoms with Gasteiger partial charge in [0, 0.05) is 47.3 Å². The lowest BCUT2D eigenvalue weighted by molar-refractivity contribution is 0.362. The van der Waals surface area contributed by atoms with Crippen molar-refractivity contribution in [1.82, 2.24) is 9.13 Å². The van der Waals surface area contributed by atoms with Gasteiger partial charge in [0.25, 0.3) is 0 Å². The second-order valence-corrected chi connectivity index (χ2v) is 17.9. The smallest absolute Gasteiger partial charge is 0.0486 e. The van der Waals surface area contributed by atoms with Crippen LogP contribution in [0.2, 0.25) is 0 Å². The highest BCUT2D eigenvalue weighted by molar-refractivity contribution is 6.24. The first kappa shape index (κ1) is 42.3. The molecule has 0 N–H and O–H groups in total. The van der Waals surface area contributed by atoms with E-state index in [0.717, 1.165) is 24.9 Å². The molecular weight excluding hydrogens is 677 g/mol. The van der Waals surface area contributed by atoms with Gasteiger partial charge in [0.05, 0.1) is 0 Å². The van der Waals surface area contributed by atoms with Crippen molar-refractivity contribution in [3.8, 4) is 0 Å². The quantitative estimate of drug-likeness (QED) is 0.0349. The number of hydrogen-bond acceptors (Lipinski definition) is 0. The molecular formula is C54H78N2. The van der Waals surface area contributed by atoms with Gasteiger partial charge in [-0.2, -0.15) is 0 Å². The van der Waals surface area contributed by atoms with Crippen LogP contribution in [0.5, 0.6) is 0 Å². The molecule has 6 rings (SSSR count). The zero-order valence-corrected chi connectivity index (χ0v) is 36.4. The summed E-state index contributed by atoms with van der Waals surface area (Å²) in [6.45, 7) is 11.6. The minimum Gasteiger partial charge on any atom is -0.347 e. The van der Waals surface area contributed by atoms with Gasteiger partial charge in [-0.3, -0.25) is 0 Å². The van der Waals surface area contributed by atoms with E-state index in [1.807, 2.05) is 0 Å². The molecule has 0 saturated heterocycles. The van der Waals surface area contributed by atoms with Crippen molar-refractivity contribution in [3.63, 3.8) is 0 Å². The van der Waals surface area contributed by atoms with Gasteiger partial charge < -0.3 is 9.13 Å². The molecule has 2 unspecified atom stereocenters. The normalized spacial score (nSPS) is 13.3. The molecule has 2 nitrogen and oxygen atoms in total. The highest BCUT2D eigenvalue weighted by Crippen LogP contribution is 2.38. The number of benzene rings is 4. The van der Waals surface area contributed by atoms with E-state index in [1.165, 1.54) is 208 Å². The third-order valence-corrected chi connectivity index (χ3v) is 13.5. The molecule has 0 radical (unpaired) electrons. The Hall–Kier alpha value is -3.26. The van der Waals surface area contributed by atoms with Gasteiger partial charge in [-0.05, 0) is 94.1 Å². The molecule has 2 aromatic heterocycles. The molecule has 0 bridgehead atoms. The Morgan fingerprint density at radius 1 is 0.304 bits per heavy atom. The molecule has 6 aromatic rings. The van der Waals surface area contributed by atoms with Crippen LogP contribution in [0.1, 0.15) is 182 Å². The largest absolute Gasteiger partial charge is 0.347 e. The molecule has 4 aromatic carbocycles. The fourth-order valence-corrected chi connectivity index (χ4v) is 10.1. The van der Waals surface area contributed by atoms with Crippen molar-refractivity contribution in [2.24, 2.45) is 11.8 Å². The zero-order chi connectivity index (χ0) is 39.0. The van der Waals surface area contributed by atoms with Crippen molar-refractivity contribution in [2.75, 3.05) is 0 Å². The molecule has 56 heavy (non-hydrogen) atoms. The van der Waals surface area contributed by atoms with Gasteiger partial charge in [-0.15, -0.1) is 0 Å². The Balaban J connectivity index is 1.21. The third-order valence-electron chi connectivity index (χ3n) is 13.5. The first-order valence-corrected chi connectivity index (χ1v) is 24.0. The first-order chi connectivity index (χ1) is 27.7. The van der Waals surface area contributed by atoms with Crippen molar-refractivity contribution < 1.29 is 0 Å². The van der Waals surface area contributed by atoms with Crippen molar-refractivity contribution in [2.45, 2.75) is 195 Å². The molecule has 0 amide bonds. The average molecular weight is 755 g/mol. The molecule has 304 valence electrons. The van der Waals surface area contributed by atoms with E-state index < -0.39 is 0 Å². The van der Waals surface area contributed by atoms with E-state index >= 15 is 0 Å².